The lowest BCUT2D eigenvalue weighted by molar-refractivity contribution is -0.131. The van der Waals surface area contributed by atoms with Gasteiger partial charge in [-0.1, -0.05) is 23.8 Å². The van der Waals surface area contributed by atoms with Crippen molar-refractivity contribution in [2.45, 2.75) is 19.9 Å². The number of ketones is 1. The maximum absolute atomic E-state index is 12.5. The first-order valence-electron chi connectivity index (χ1n) is 7.16. The fourth-order valence-electron chi connectivity index (χ4n) is 2.63. The Morgan fingerprint density at radius 1 is 1.38 bits per heavy atom. The van der Waals surface area contributed by atoms with Crippen LogP contribution in [0.5, 0.6) is 0 Å². The van der Waals surface area contributed by atoms with E-state index < -0.39 is 6.04 Å². The van der Waals surface area contributed by atoms with Gasteiger partial charge in [0.25, 0.3) is 0 Å². The van der Waals surface area contributed by atoms with E-state index in [-0.39, 0.29) is 18.2 Å². The Bertz CT molecular complexity index is 542. The van der Waals surface area contributed by atoms with Crippen LogP contribution < -0.4 is 5.32 Å². The molecular weight excluding hydrogens is 268 g/mol. The molecule has 2 rings (SSSR count). The van der Waals surface area contributed by atoms with E-state index in [1.807, 2.05) is 36.9 Å². The van der Waals surface area contributed by atoms with Crippen LogP contribution in [0.3, 0.4) is 0 Å². The van der Waals surface area contributed by atoms with Gasteiger partial charge in [-0.25, -0.2) is 0 Å². The fourth-order valence-corrected chi connectivity index (χ4v) is 2.63. The van der Waals surface area contributed by atoms with E-state index in [4.69, 9.17) is 4.74 Å². The molecule has 1 fully saturated rings. The summed E-state index contributed by atoms with van der Waals surface area (Å²) in [5.41, 5.74) is 2.84. The number of Topliss-reactive ketones (excluding diaryl/α,β-unsaturated/α-hetero) is 1. The van der Waals surface area contributed by atoms with Crippen molar-refractivity contribution >= 4 is 11.7 Å². The number of nitrogens with zero attached hydrogens (tertiary/aromatic N) is 1. The minimum absolute atomic E-state index is 0.0447. The number of ether oxygens (including phenoxy) is 1. The van der Waals surface area contributed by atoms with Gasteiger partial charge in [0.05, 0.1) is 19.8 Å². The van der Waals surface area contributed by atoms with Gasteiger partial charge in [-0.05, 0) is 19.4 Å². The molecule has 0 saturated carbocycles. The third-order valence-corrected chi connectivity index (χ3v) is 3.82. The van der Waals surface area contributed by atoms with Crippen LogP contribution in [0.1, 0.15) is 21.5 Å². The summed E-state index contributed by atoms with van der Waals surface area (Å²) < 4.78 is 5.35. The lowest BCUT2D eigenvalue weighted by atomic mass is 10.0. The van der Waals surface area contributed by atoms with Crippen molar-refractivity contribution < 1.29 is 14.3 Å². The molecule has 5 nitrogen and oxygen atoms in total. The second kappa shape index (κ2) is 6.83. The molecule has 21 heavy (non-hydrogen) atoms. The first kappa shape index (κ1) is 15.7. The predicted octanol–water partition coefficient (Wildman–Crippen LogP) is 0.933. The smallest absolute Gasteiger partial charge is 0.239 e. The van der Waals surface area contributed by atoms with Gasteiger partial charge in [0, 0.05) is 19.2 Å². The average molecular weight is 290 g/mol. The Kier molecular flexibility index (Phi) is 5.09. The Hall–Kier alpha value is -1.72. The van der Waals surface area contributed by atoms with Crippen LogP contribution in [0.15, 0.2) is 18.2 Å². The molecule has 1 heterocycles. The molecular formula is C16H22N2O3. The highest BCUT2D eigenvalue weighted by Crippen LogP contribution is 2.14. The third-order valence-electron chi connectivity index (χ3n) is 3.82. The minimum Gasteiger partial charge on any atom is -0.378 e. The number of morpholine rings is 1. The number of amides is 1. The average Bonchev–Trinajstić information content (AvgIpc) is 2.46. The zero-order valence-corrected chi connectivity index (χ0v) is 12.8. The Morgan fingerprint density at radius 3 is 2.81 bits per heavy atom. The summed E-state index contributed by atoms with van der Waals surface area (Å²) in [6.07, 6.45) is 0. The highest BCUT2D eigenvalue weighted by molar-refractivity contribution is 5.99. The second-order valence-corrected chi connectivity index (χ2v) is 5.42. The van der Waals surface area contributed by atoms with E-state index in [1.54, 1.807) is 7.05 Å². The molecule has 1 N–H and O–H groups in total. The van der Waals surface area contributed by atoms with Crippen LogP contribution in [0.2, 0.25) is 0 Å². The number of likely N-dealkylation sites (N-methyl/N-ethyl adjacent to an activating group) is 1. The minimum atomic E-state index is -0.390. The summed E-state index contributed by atoms with van der Waals surface area (Å²) in [5.74, 6) is -0.0635. The van der Waals surface area contributed by atoms with Crippen LogP contribution in [-0.2, 0) is 9.53 Å². The monoisotopic (exact) mass is 290 g/mol. The summed E-state index contributed by atoms with van der Waals surface area (Å²) in [5, 5.41) is 2.62. The molecule has 0 spiro atoms. The highest BCUT2D eigenvalue weighted by atomic mass is 16.5. The molecule has 1 amide bonds. The van der Waals surface area contributed by atoms with E-state index in [0.717, 1.165) is 16.7 Å². The Balaban J connectivity index is 2.11. The molecule has 0 aromatic heterocycles. The summed E-state index contributed by atoms with van der Waals surface area (Å²) in [4.78, 5) is 26.2. The lowest BCUT2D eigenvalue weighted by Gasteiger charge is -2.33. The molecule has 1 unspecified atom stereocenters. The summed E-state index contributed by atoms with van der Waals surface area (Å²) in [6, 6.07) is 5.42. The number of hydrogen-bond acceptors (Lipinski definition) is 4. The summed E-state index contributed by atoms with van der Waals surface area (Å²) in [6.45, 7) is 5.66. The standard InChI is InChI=1S/C16H22N2O3/c1-11-4-5-13(12(2)8-11)15(19)9-18-6-7-21-10-14(18)16(20)17-3/h4-5,8,14H,6-7,9-10H2,1-3H3,(H,17,20). The van der Waals surface area contributed by atoms with Crippen LogP contribution in [-0.4, -0.2) is 56.0 Å². The van der Waals surface area contributed by atoms with Gasteiger partial charge in [-0.15, -0.1) is 0 Å². The quantitative estimate of drug-likeness (QED) is 0.838. The van der Waals surface area contributed by atoms with E-state index in [9.17, 15) is 9.59 Å². The zero-order valence-electron chi connectivity index (χ0n) is 12.8. The van der Waals surface area contributed by atoms with Crippen molar-refractivity contribution in [2.75, 3.05) is 33.4 Å². The van der Waals surface area contributed by atoms with Gasteiger partial charge in [0.2, 0.25) is 5.91 Å². The van der Waals surface area contributed by atoms with Crippen molar-refractivity contribution in [1.29, 1.82) is 0 Å². The maximum Gasteiger partial charge on any atom is 0.239 e. The largest absolute Gasteiger partial charge is 0.378 e. The Labute approximate surface area is 125 Å². The van der Waals surface area contributed by atoms with Crippen molar-refractivity contribution in [1.82, 2.24) is 10.2 Å². The topological polar surface area (TPSA) is 58.6 Å². The van der Waals surface area contributed by atoms with Crippen LogP contribution in [0, 0.1) is 13.8 Å². The van der Waals surface area contributed by atoms with E-state index >= 15 is 0 Å². The zero-order chi connectivity index (χ0) is 15.4. The summed E-state index contributed by atoms with van der Waals surface area (Å²) >= 11 is 0. The van der Waals surface area contributed by atoms with Gasteiger partial charge in [-0.3, -0.25) is 14.5 Å². The van der Waals surface area contributed by atoms with Gasteiger partial charge in [0.15, 0.2) is 5.78 Å². The van der Waals surface area contributed by atoms with Crippen LogP contribution in [0.25, 0.3) is 0 Å². The predicted molar refractivity (Wildman–Crippen MR) is 80.5 cm³/mol. The molecule has 1 aliphatic heterocycles. The Morgan fingerprint density at radius 2 is 2.14 bits per heavy atom. The molecule has 1 aromatic rings. The molecule has 0 bridgehead atoms. The van der Waals surface area contributed by atoms with Crippen LogP contribution >= 0.6 is 0 Å². The van der Waals surface area contributed by atoms with Gasteiger partial charge in [0.1, 0.15) is 6.04 Å². The number of nitrogens with one attached hydrogen (secondary N) is 1. The van der Waals surface area contributed by atoms with Gasteiger partial charge in [-0.2, -0.15) is 0 Å². The first-order valence-corrected chi connectivity index (χ1v) is 7.16. The van der Waals surface area contributed by atoms with Crippen molar-refractivity contribution in [3.05, 3.63) is 34.9 Å². The van der Waals surface area contributed by atoms with Crippen molar-refractivity contribution in [2.24, 2.45) is 0 Å². The molecule has 0 aliphatic carbocycles. The fraction of sp³-hybridized carbons (Fsp3) is 0.500. The molecule has 5 heteroatoms. The molecule has 0 radical (unpaired) electrons. The number of aryl methyl sites for hydroxylation is 2. The first-order chi connectivity index (χ1) is 10.0. The second-order valence-electron chi connectivity index (χ2n) is 5.42. The third kappa shape index (κ3) is 3.68. The van der Waals surface area contributed by atoms with Crippen molar-refractivity contribution in [3.63, 3.8) is 0 Å². The van der Waals surface area contributed by atoms with Gasteiger partial charge < -0.3 is 10.1 Å². The molecule has 1 saturated heterocycles. The van der Waals surface area contributed by atoms with E-state index in [0.29, 0.717) is 19.8 Å². The highest BCUT2D eigenvalue weighted by Gasteiger charge is 2.30. The number of rotatable bonds is 4. The lowest BCUT2D eigenvalue weighted by Crippen LogP contribution is -2.54. The van der Waals surface area contributed by atoms with Crippen LogP contribution in [0.4, 0.5) is 0 Å². The maximum atomic E-state index is 12.5. The molecule has 1 atom stereocenters. The number of hydrogen-bond donors (Lipinski definition) is 1. The van der Waals surface area contributed by atoms with Gasteiger partial charge >= 0.3 is 0 Å². The van der Waals surface area contributed by atoms with E-state index in [2.05, 4.69) is 5.32 Å². The SMILES string of the molecule is CNC(=O)C1COCCN1CC(=O)c1ccc(C)cc1C. The number of carbonyl (C=O) groups is 2. The summed E-state index contributed by atoms with van der Waals surface area (Å²) in [7, 11) is 1.60. The molecule has 114 valence electrons. The normalized spacial score (nSPS) is 19.3. The van der Waals surface area contributed by atoms with Crippen molar-refractivity contribution in [3.8, 4) is 0 Å². The van der Waals surface area contributed by atoms with E-state index in [1.165, 1.54) is 0 Å². The molecule has 1 aliphatic rings. The molecule has 1 aromatic carbocycles. The number of benzene rings is 1. The number of carbonyl (C=O) groups excluding carboxylic acids is 2.